The molecule has 3 rings (SSSR count). The topological polar surface area (TPSA) is 88.1 Å². The Morgan fingerprint density at radius 1 is 0.939 bits per heavy atom. The first-order valence-corrected chi connectivity index (χ1v) is 12.3. The van der Waals surface area contributed by atoms with Crippen molar-refractivity contribution in [2.24, 2.45) is 5.10 Å². The Morgan fingerprint density at radius 2 is 1.55 bits per heavy atom. The van der Waals surface area contributed by atoms with Gasteiger partial charge in [0.15, 0.2) is 0 Å². The van der Waals surface area contributed by atoms with Gasteiger partial charge in [-0.05, 0) is 73.5 Å². The highest BCUT2D eigenvalue weighted by Crippen LogP contribution is 2.21. The zero-order valence-corrected chi connectivity index (χ0v) is 19.7. The Hall–Kier alpha value is -3.65. The molecule has 0 bridgehead atoms. The number of amides is 1. The van der Waals surface area contributed by atoms with Crippen LogP contribution in [0.4, 0.5) is 5.69 Å². The molecular weight excluding hydrogens is 438 g/mol. The molecule has 0 aliphatic heterocycles. The van der Waals surface area contributed by atoms with Crippen molar-refractivity contribution in [1.29, 1.82) is 0 Å². The van der Waals surface area contributed by atoms with Crippen molar-refractivity contribution in [3.63, 3.8) is 0 Å². The van der Waals surface area contributed by atoms with Gasteiger partial charge in [-0.1, -0.05) is 30.3 Å². The van der Waals surface area contributed by atoms with E-state index in [1.807, 2.05) is 61.5 Å². The van der Waals surface area contributed by atoms with Crippen LogP contribution in [0.15, 0.2) is 84.0 Å². The van der Waals surface area contributed by atoms with Crippen LogP contribution in [-0.4, -0.2) is 32.9 Å². The van der Waals surface area contributed by atoms with E-state index in [9.17, 15) is 13.2 Å². The van der Waals surface area contributed by atoms with Gasteiger partial charge in [0, 0.05) is 5.56 Å². The molecule has 0 aliphatic carbocycles. The lowest BCUT2D eigenvalue weighted by atomic mass is 10.1. The average molecular weight is 466 g/mol. The molecule has 172 valence electrons. The van der Waals surface area contributed by atoms with Crippen LogP contribution in [0.1, 0.15) is 35.3 Å². The third kappa shape index (κ3) is 6.66. The Labute approximate surface area is 194 Å². The zero-order valence-electron chi connectivity index (χ0n) is 18.9. The Kier molecular flexibility index (Phi) is 7.84. The van der Waals surface area contributed by atoms with E-state index in [1.165, 1.54) is 4.31 Å². The Balaban J connectivity index is 1.70. The molecule has 33 heavy (non-hydrogen) atoms. The Bertz CT molecular complexity index is 1210. The third-order valence-electron chi connectivity index (χ3n) is 4.90. The van der Waals surface area contributed by atoms with Crippen molar-refractivity contribution in [3.8, 4) is 5.75 Å². The summed E-state index contributed by atoms with van der Waals surface area (Å²) >= 11 is 0. The van der Waals surface area contributed by atoms with Gasteiger partial charge in [-0.25, -0.2) is 13.8 Å². The highest BCUT2D eigenvalue weighted by molar-refractivity contribution is 7.92. The molecule has 1 amide bonds. The van der Waals surface area contributed by atoms with E-state index in [2.05, 4.69) is 10.5 Å². The fourth-order valence-corrected chi connectivity index (χ4v) is 4.04. The molecule has 0 radical (unpaired) electrons. The van der Waals surface area contributed by atoms with Gasteiger partial charge in [-0.3, -0.25) is 9.10 Å². The van der Waals surface area contributed by atoms with Crippen LogP contribution >= 0.6 is 0 Å². The number of carbonyl (C=O) groups is 1. The summed E-state index contributed by atoms with van der Waals surface area (Å²) in [6.45, 7) is 4.52. The van der Waals surface area contributed by atoms with Gasteiger partial charge >= 0.3 is 0 Å². The third-order valence-corrected chi connectivity index (χ3v) is 6.04. The summed E-state index contributed by atoms with van der Waals surface area (Å²) < 4.78 is 31.4. The quantitative estimate of drug-likeness (QED) is 0.379. The molecule has 8 heteroatoms. The van der Waals surface area contributed by atoms with E-state index in [-0.39, 0.29) is 12.5 Å². The van der Waals surface area contributed by atoms with Gasteiger partial charge < -0.3 is 4.74 Å². The van der Waals surface area contributed by atoms with Gasteiger partial charge in [0.05, 0.1) is 30.8 Å². The first-order chi connectivity index (χ1) is 15.8. The maximum absolute atomic E-state index is 12.5. The molecule has 7 nitrogen and oxygen atoms in total. The average Bonchev–Trinajstić information content (AvgIpc) is 2.81. The number of nitrogens with one attached hydrogen (secondary N) is 1. The predicted octanol–water partition coefficient (Wildman–Crippen LogP) is 4.21. The number of nitrogens with zero attached hydrogens (tertiary/aromatic N) is 2. The molecule has 3 aromatic carbocycles. The highest BCUT2D eigenvalue weighted by Gasteiger charge is 2.18. The molecule has 1 N–H and O–H groups in total. The Morgan fingerprint density at radius 3 is 2.12 bits per heavy atom. The van der Waals surface area contributed by atoms with Gasteiger partial charge in [0.25, 0.3) is 5.91 Å². The van der Waals surface area contributed by atoms with Crippen molar-refractivity contribution < 1.29 is 17.9 Å². The van der Waals surface area contributed by atoms with Crippen LogP contribution in [0, 0.1) is 0 Å². The number of ether oxygens (including phenoxy) is 1. The van der Waals surface area contributed by atoms with Crippen LogP contribution in [0.5, 0.6) is 5.75 Å². The van der Waals surface area contributed by atoms with Crippen molar-refractivity contribution in [1.82, 2.24) is 5.43 Å². The molecule has 0 fully saturated rings. The smallest absolute Gasteiger partial charge is 0.271 e. The van der Waals surface area contributed by atoms with Gasteiger partial charge in [-0.2, -0.15) is 5.10 Å². The lowest BCUT2D eigenvalue weighted by molar-refractivity contribution is 0.0955. The number of hydrogen-bond acceptors (Lipinski definition) is 5. The maximum Gasteiger partial charge on any atom is 0.271 e. The number of sulfonamides is 1. The zero-order chi connectivity index (χ0) is 23.8. The van der Waals surface area contributed by atoms with E-state index in [0.717, 1.165) is 23.1 Å². The summed E-state index contributed by atoms with van der Waals surface area (Å²) in [6.07, 6.45) is 1.16. The minimum atomic E-state index is -3.51. The SMILES string of the molecule is CCOc1ccc(/C(C)=N\NC(=O)c2ccc(N(Cc3ccccc3)S(C)(=O)=O)cc2)cc1. The second-order valence-corrected chi connectivity index (χ2v) is 9.30. The van der Waals surface area contributed by atoms with Gasteiger partial charge in [0.2, 0.25) is 10.0 Å². The fraction of sp³-hybridized carbons (Fsp3) is 0.200. The summed E-state index contributed by atoms with van der Waals surface area (Å²) in [5.41, 5.74) is 5.76. The molecule has 0 aromatic heterocycles. The summed E-state index contributed by atoms with van der Waals surface area (Å²) in [6, 6.07) is 23.2. The second kappa shape index (κ2) is 10.8. The molecule has 0 spiro atoms. The maximum atomic E-state index is 12.5. The van der Waals surface area contributed by atoms with Crippen molar-refractivity contribution in [3.05, 3.63) is 95.6 Å². The molecular formula is C25H27N3O4S. The van der Waals surface area contributed by atoms with E-state index < -0.39 is 10.0 Å². The lowest BCUT2D eigenvalue weighted by Crippen LogP contribution is -2.29. The lowest BCUT2D eigenvalue weighted by Gasteiger charge is -2.22. The summed E-state index contributed by atoms with van der Waals surface area (Å²) in [4.78, 5) is 12.5. The van der Waals surface area contributed by atoms with Crippen LogP contribution in [0.25, 0.3) is 0 Å². The van der Waals surface area contributed by atoms with Crippen molar-refractivity contribution in [2.45, 2.75) is 20.4 Å². The van der Waals surface area contributed by atoms with Gasteiger partial charge in [0.1, 0.15) is 5.75 Å². The number of benzene rings is 3. The number of rotatable bonds is 9. The fourth-order valence-electron chi connectivity index (χ4n) is 3.15. The number of hydrazone groups is 1. The molecule has 0 heterocycles. The van der Waals surface area contributed by atoms with Crippen molar-refractivity contribution >= 4 is 27.3 Å². The molecule has 0 saturated carbocycles. The molecule has 0 unspecified atom stereocenters. The van der Waals surface area contributed by atoms with Crippen LogP contribution in [0.2, 0.25) is 0 Å². The van der Waals surface area contributed by atoms with Crippen molar-refractivity contribution in [2.75, 3.05) is 17.2 Å². The van der Waals surface area contributed by atoms with E-state index in [4.69, 9.17) is 4.74 Å². The number of carbonyl (C=O) groups excluding carboxylic acids is 1. The summed E-state index contributed by atoms with van der Waals surface area (Å²) in [7, 11) is -3.51. The molecule has 3 aromatic rings. The van der Waals surface area contributed by atoms with E-state index in [0.29, 0.717) is 23.6 Å². The largest absolute Gasteiger partial charge is 0.494 e. The normalized spacial score (nSPS) is 11.7. The molecule has 0 saturated heterocycles. The van der Waals surface area contributed by atoms with Gasteiger partial charge in [-0.15, -0.1) is 0 Å². The molecule has 0 aliphatic rings. The summed E-state index contributed by atoms with van der Waals surface area (Å²) in [5.74, 6) is 0.384. The predicted molar refractivity (Wildman–Crippen MR) is 131 cm³/mol. The second-order valence-electron chi connectivity index (χ2n) is 7.40. The van der Waals surface area contributed by atoms with E-state index in [1.54, 1.807) is 31.2 Å². The highest BCUT2D eigenvalue weighted by atomic mass is 32.2. The van der Waals surface area contributed by atoms with Crippen LogP contribution in [-0.2, 0) is 16.6 Å². The minimum Gasteiger partial charge on any atom is -0.494 e. The number of anilines is 1. The van der Waals surface area contributed by atoms with Crippen LogP contribution < -0.4 is 14.5 Å². The number of hydrogen-bond donors (Lipinski definition) is 1. The summed E-state index contributed by atoms with van der Waals surface area (Å²) in [5, 5.41) is 4.17. The molecule has 0 atom stereocenters. The van der Waals surface area contributed by atoms with E-state index >= 15 is 0 Å². The first-order valence-electron chi connectivity index (χ1n) is 10.5. The van der Waals surface area contributed by atoms with Crippen LogP contribution in [0.3, 0.4) is 0 Å². The minimum absolute atomic E-state index is 0.205. The standard InChI is InChI=1S/C25H27N3O4S/c1-4-32-24-16-12-21(13-17-24)19(2)26-27-25(29)22-10-14-23(15-11-22)28(33(3,30)31)18-20-8-6-5-7-9-20/h5-17H,4,18H2,1-3H3,(H,27,29)/b26-19-. The monoisotopic (exact) mass is 465 g/mol. The first kappa shape index (κ1) is 24.0.